The highest BCUT2D eigenvalue weighted by molar-refractivity contribution is 5.79. The summed E-state index contributed by atoms with van der Waals surface area (Å²) in [4.78, 5) is 37.4. The molecular weight excluding hydrogens is 352 g/mol. The molecule has 2 amide bonds. The van der Waals surface area contributed by atoms with Crippen molar-refractivity contribution in [3.8, 4) is 0 Å². The molecule has 1 fully saturated rings. The van der Waals surface area contributed by atoms with Gasteiger partial charge >= 0.3 is 0 Å². The fourth-order valence-electron chi connectivity index (χ4n) is 4.10. The van der Waals surface area contributed by atoms with E-state index >= 15 is 0 Å². The zero-order chi connectivity index (χ0) is 19.7. The molecule has 1 atom stereocenters. The van der Waals surface area contributed by atoms with Crippen LogP contribution in [0.3, 0.4) is 0 Å². The number of aromatic nitrogens is 2. The first-order valence-corrected chi connectivity index (χ1v) is 9.93. The summed E-state index contributed by atoms with van der Waals surface area (Å²) in [5.74, 6) is 1.29. The number of fused-ring (bicyclic) bond motifs is 1. The molecule has 0 radical (unpaired) electrons. The first-order valence-electron chi connectivity index (χ1n) is 9.93. The minimum Gasteiger partial charge on any atom is -0.342 e. The normalized spacial score (nSPS) is 18.9. The van der Waals surface area contributed by atoms with Gasteiger partial charge in [-0.05, 0) is 18.9 Å². The van der Waals surface area contributed by atoms with Gasteiger partial charge in [-0.3, -0.25) is 9.59 Å². The molecule has 2 aliphatic heterocycles. The molecule has 4 rings (SSSR count). The van der Waals surface area contributed by atoms with Crippen LogP contribution in [0.1, 0.15) is 47.5 Å². The van der Waals surface area contributed by atoms with Crippen molar-refractivity contribution in [3.05, 3.63) is 58.7 Å². The fourth-order valence-corrected chi connectivity index (χ4v) is 4.10. The molecule has 1 saturated heterocycles. The van der Waals surface area contributed by atoms with Crippen molar-refractivity contribution < 1.29 is 9.59 Å². The Morgan fingerprint density at radius 2 is 2.07 bits per heavy atom. The van der Waals surface area contributed by atoms with Gasteiger partial charge < -0.3 is 9.80 Å². The van der Waals surface area contributed by atoms with Gasteiger partial charge in [0.2, 0.25) is 11.8 Å². The third-order valence-corrected chi connectivity index (χ3v) is 5.74. The molecule has 0 spiro atoms. The van der Waals surface area contributed by atoms with E-state index in [4.69, 9.17) is 4.98 Å². The van der Waals surface area contributed by atoms with Gasteiger partial charge in [-0.15, -0.1) is 0 Å². The van der Waals surface area contributed by atoms with Crippen LogP contribution < -0.4 is 0 Å². The third kappa shape index (κ3) is 3.91. The quantitative estimate of drug-likeness (QED) is 0.822. The van der Waals surface area contributed by atoms with Crippen LogP contribution >= 0.6 is 0 Å². The molecule has 6 nitrogen and oxygen atoms in total. The highest BCUT2D eigenvalue weighted by Crippen LogP contribution is 2.27. The van der Waals surface area contributed by atoms with Crippen molar-refractivity contribution in [2.45, 2.75) is 45.6 Å². The highest BCUT2D eigenvalue weighted by atomic mass is 16.2. The van der Waals surface area contributed by atoms with Crippen LogP contribution in [0.25, 0.3) is 0 Å². The van der Waals surface area contributed by atoms with Gasteiger partial charge in [-0.2, -0.15) is 0 Å². The Bertz CT molecular complexity index is 911. The smallest absolute Gasteiger partial charge is 0.227 e. The maximum absolute atomic E-state index is 12.7. The van der Waals surface area contributed by atoms with Gasteiger partial charge in [0.05, 0.1) is 12.1 Å². The summed E-state index contributed by atoms with van der Waals surface area (Å²) in [5.41, 5.74) is 4.33. The zero-order valence-corrected chi connectivity index (χ0v) is 16.5. The van der Waals surface area contributed by atoms with Crippen molar-refractivity contribution in [3.63, 3.8) is 0 Å². The Kier molecular flexibility index (Phi) is 5.11. The van der Waals surface area contributed by atoms with E-state index in [2.05, 4.69) is 11.1 Å². The minimum atomic E-state index is 0.0910. The standard InChI is InChI=1S/C22H26N4O2/c1-15-4-3-5-17(10-15)11-21(28)26-8-6-18(13-26)22-23-12-19-14-25(16(2)27)9-7-20(19)24-22/h3-5,10,12,18H,6-9,11,13-14H2,1-2H3. The van der Waals surface area contributed by atoms with E-state index in [-0.39, 0.29) is 17.7 Å². The Morgan fingerprint density at radius 3 is 2.86 bits per heavy atom. The van der Waals surface area contributed by atoms with Crippen LogP contribution in [-0.2, 0) is 29.0 Å². The predicted octanol–water partition coefficient (Wildman–Crippen LogP) is 2.25. The number of likely N-dealkylation sites (tertiary alicyclic amines) is 1. The third-order valence-electron chi connectivity index (χ3n) is 5.74. The molecule has 1 aromatic heterocycles. The molecule has 2 aromatic rings. The van der Waals surface area contributed by atoms with E-state index in [1.807, 2.05) is 41.1 Å². The molecule has 0 N–H and O–H groups in total. The van der Waals surface area contributed by atoms with Gasteiger partial charge in [-0.1, -0.05) is 29.8 Å². The van der Waals surface area contributed by atoms with Crippen molar-refractivity contribution in [1.29, 1.82) is 0 Å². The zero-order valence-electron chi connectivity index (χ0n) is 16.5. The summed E-state index contributed by atoms with van der Waals surface area (Å²) in [6.07, 6.45) is 3.98. The number of carbonyl (C=O) groups is 2. The first-order chi connectivity index (χ1) is 13.5. The largest absolute Gasteiger partial charge is 0.342 e. The lowest BCUT2D eigenvalue weighted by Crippen LogP contribution is -2.35. The molecule has 0 aliphatic carbocycles. The second-order valence-corrected chi connectivity index (χ2v) is 7.88. The summed E-state index contributed by atoms with van der Waals surface area (Å²) in [6, 6.07) is 8.12. The Balaban J connectivity index is 1.40. The Labute approximate surface area is 165 Å². The van der Waals surface area contributed by atoms with Gasteiger partial charge in [0.15, 0.2) is 0 Å². The van der Waals surface area contributed by atoms with Crippen molar-refractivity contribution in [2.24, 2.45) is 0 Å². The number of nitrogens with zero attached hydrogens (tertiary/aromatic N) is 4. The van der Waals surface area contributed by atoms with E-state index in [1.165, 1.54) is 5.56 Å². The Hall–Kier alpha value is -2.76. The molecule has 0 bridgehead atoms. The molecule has 146 valence electrons. The van der Waals surface area contributed by atoms with Gasteiger partial charge in [0.1, 0.15) is 5.82 Å². The van der Waals surface area contributed by atoms with E-state index in [0.717, 1.165) is 42.0 Å². The van der Waals surface area contributed by atoms with Crippen molar-refractivity contribution in [2.75, 3.05) is 19.6 Å². The molecule has 6 heteroatoms. The number of hydrogen-bond acceptors (Lipinski definition) is 4. The van der Waals surface area contributed by atoms with Gasteiger partial charge in [-0.25, -0.2) is 9.97 Å². The SMILES string of the molecule is CC(=O)N1CCc2nc(C3CCN(C(=O)Cc4cccc(C)c4)C3)ncc2C1. The monoisotopic (exact) mass is 378 g/mol. The van der Waals surface area contributed by atoms with E-state index < -0.39 is 0 Å². The average Bonchev–Trinajstić information content (AvgIpc) is 3.17. The van der Waals surface area contributed by atoms with Crippen molar-refractivity contribution >= 4 is 11.8 Å². The summed E-state index contributed by atoms with van der Waals surface area (Å²) >= 11 is 0. The maximum Gasteiger partial charge on any atom is 0.227 e. The van der Waals surface area contributed by atoms with Gasteiger partial charge in [0, 0.05) is 57.2 Å². The van der Waals surface area contributed by atoms with Crippen LogP contribution in [0, 0.1) is 6.92 Å². The Morgan fingerprint density at radius 1 is 1.21 bits per heavy atom. The summed E-state index contributed by atoms with van der Waals surface area (Å²) < 4.78 is 0. The summed E-state index contributed by atoms with van der Waals surface area (Å²) in [5, 5.41) is 0. The highest BCUT2D eigenvalue weighted by Gasteiger charge is 2.30. The van der Waals surface area contributed by atoms with Crippen LogP contribution in [0.5, 0.6) is 0 Å². The van der Waals surface area contributed by atoms with Crippen molar-refractivity contribution in [1.82, 2.24) is 19.8 Å². The van der Waals surface area contributed by atoms with Crippen LogP contribution in [0.2, 0.25) is 0 Å². The summed E-state index contributed by atoms with van der Waals surface area (Å²) in [7, 11) is 0. The number of aryl methyl sites for hydroxylation is 1. The topological polar surface area (TPSA) is 66.4 Å². The maximum atomic E-state index is 12.7. The number of hydrogen-bond donors (Lipinski definition) is 0. The number of carbonyl (C=O) groups excluding carboxylic acids is 2. The molecular formula is C22H26N4O2. The molecule has 2 aliphatic rings. The minimum absolute atomic E-state index is 0.0910. The van der Waals surface area contributed by atoms with E-state index in [0.29, 0.717) is 26.1 Å². The average molecular weight is 378 g/mol. The van der Waals surface area contributed by atoms with E-state index in [9.17, 15) is 9.59 Å². The predicted molar refractivity (Wildman–Crippen MR) is 106 cm³/mol. The fraction of sp³-hybridized carbons (Fsp3) is 0.455. The van der Waals surface area contributed by atoms with E-state index in [1.54, 1.807) is 6.92 Å². The molecule has 28 heavy (non-hydrogen) atoms. The first kappa shape index (κ1) is 18.6. The summed E-state index contributed by atoms with van der Waals surface area (Å²) in [6.45, 7) is 6.39. The number of amides is 2. The van der Waals surface area contributed by atoms with Crippen LogP contribution in [0.4, 0.5) is 0 Å². The molecule has 3 heterocycles. The lowest BCUT2D eigenvalue weighted by atomic mass is 10.0. The van der Waals surface area contributed by atoms with Crippen LogP contribution in [-0.4, -0.2) is 51.2 Å². The number of rotatable bonds is 3. The lowest BCUT2D eigenvalue weighted by Gasteiger charge is -2.27. The van der Waals surface area contributed by atoms with Crippen LogP contribution in [0.15, 0.2) is 30.5 Å². The molecule has 1 unspecified atom stereocenters. The second-order valence-electron chi connectivity index (χ2n) is 7.88. The van der Waals surface area contributed by atoms with Gasteiger partial charge in [0.25, 0.3) is 0 Å². The molecule has 0 saturated carbocycles. The second kappa shape index (κ2) is 7.70. The molecule has 1 aromatic carbocycles. The lowest BCUT2D eigenvalue weighted by molar-refractivity contribution is -0.130. The number of benzene rings is 1.